The molecule has 0 saturated carbocycles. The van der Waals surface area contributed by atoms with E-state index in [1.807, 2.05) is 19.9 Å². The van der Waals surface area contributed by atoms with Gasteiger partial charge >= 0.3 is 5.16 Å². The molecule has 0 radical (unpaired) electrons. The van der Waals surface area contributed by atoms with Crippen molar-refractivity contribution in [3.8, 4) is 0 Å². The van der Waals surface area contributed by atoms with Gasteiger partial charge in [-0.15, -0.1) is 0 Å². The summed E-state index contributed by atoms with van der Waals surface area (Å²) in [5.74, 6) is 1.02. The molecule has 84 valence electrons. The zero-order valence-corrected chi connectivity index (χ0v) is 10.7. The van der Waals surface area contributed by atoms with Crippen LogP contribution in [0.5, 0.6) is 0 Å². The van der Waals surface area contributed by atoms with Gasteiger partial charge in [0.2, 0.25) is 0 Å². The highest BCUT2D eigenvalue weighted by molar-refractivity contribution is 7.99. The first kappa shape index (κ1) is 14.4. The maximum atomic E-state index is 10.7. The van der Waals surface area contributed by atoms with Gasteiger partial charge in [0.1, 0.15) is 11.5 Å². The molecule has 5 heteroatoms. The van der Waals surface area contributed by atoms with Crippen molar-refractivity contribution in [2.45, 2.75) is 32.3 Å². The van der Waals surface area contributed by atoms with Crippen molar-refractivity contribution in [1.82, 2.24) is 4.98 Å². The number of ketones is 1. The van der Waals surface area contributed by atoms with E-state index in [1.165, 1.54) is 0 Å². The average Bonchev–Trinajstić information content (AvgIpc) is 2.01. The molecule has 3 nitrogen and oxygen atoms in total. The Morgan fingerprint density at radius 2 is 2.20 bits per heavy atom. The van der Waals surface area contributed by atoms with Crippen LogP contribution in [0, 0.1) is 13.8 Å². The predicted octanol–water partition coefficient (Wildman–Crippen LogP) is -1.41. The van der Waals surface area contributed by atoms with Crippen LogP contribution in [0.2, 0.25) is 0 Å². The van der Waals surface area contributed by atoms with Gasteiger partial charge in [0.15, 0.2) is 5.69 Å². The number of carbonyl (C=O) groups excluding carboxylic acids is 1. The Bertz CT molecular complexity index is 324. The molecule has 0 aromatic carbocycles. The number of carbonyl (C=O) groups is 1. The third-order valence-electron chi connectivity index (χ3n) is 1.70. The molecule has 0 amide bonds. The second-order valence-electron chi connectivity index (χ2n) is 3.31. The minimum atomic E-state index is 0. The van der Waals surface area contributed by atoms with Crippen LogP contribution >= 0.6 is 11.8 Å². The maximum absolute atomic E-state index is 10.7. The lowest BCUT2D eigenvalue weighted by atomic mass is 10.4. The Kier molecular flexibility index (Phi) is 6.52. The van der Waals surface area contributed by atoms with Crippen LogP contribution in [0.25, 0.3) is 0 Å². The number of nitrogens with zero attached hydrogens (tertiary/aromatic N) is 1. The molecule has 0 bridgehead atoms. The van der Waals surface area contributed by atoms with Gasteiger partial charge in [0.05, 0.1) is 0 Å². The normalized spacial score (nSPS) is 9.53. The van der Waals surface area contributed by atoms with Gasteiger partial charge in [0.25, 0.3) is 0 Å². The summed E-state index contributed by atoms with van der Waals surface area (Å²) in [5.41, 5.74) is 2.11. The Morgan fingerprint density at radius 1 is 1.53 bits per heavy atom. The van der Waals surface area contributed by atoms with Crippen LogP contribution in [-0.4, -0.2) is 16.5 Å². The summed E-state index contributed by atoms with van der Waals surface area (Å²) >= 11 is 1.59. The SMILES string of the molecule is CC(=O)CCSc1nc(C)cc(C)[nH+]1.[Cl-]. The number of Topliss-reactive ketones (excluding diaryl/α,β-unsaturated/α-hetero) is 1. The number of hydrogen-bond acceptors (Lipinski definition) is 3. The van der Waals surface area contributed by atoms with E-state index in [2.05, 4.69) is 9.97 Å². The van der Waals surface area contributed by atoms with Crippen LogP contribution in [0.4, 0.5) is 0 Å². The van der Waals surface area contributed by atoms with Crippen LogP contribution in [0.3, 0.4) is 0 Å². The van der Waals surface area contributed by atoms with Gasteiger partial charge in [-0.05, 0) is 30.6 Å². The molecule has 1 heterocycles. The molecule has 0 unspecified atom stereocenters. The first-order valence-electron chi connectivity index (χ1n) is 4.58. The summed E-state index contributed by atoms with van der Waals surface area (Å²) < 4.78 is 0. The van der Waals surface area contributed by atoms with Gasteiger partial charge in [-0.25, -0.2) is 4.98 Å². The molecule has 0 fully saturated rings. The monoisotopic (exact) mass is 246 g/mol. The Labute approximate surface area is 100 Å². The van der Waals surface area contributed by atoms with Crippen LogP contribution < -0.4 is 17.4 Å². The molecular formula is C10H15ClN2OS. The molecule has 1 aromatic rings. The lowest BCUT2D eigenvalue weighted by Crippen LogP contribution is -3.00. The van der Waals surface area contributed by atoms with Crippen molar-refractivity contribution in [3.05, 3.63) is 17.5 Å². The summed E-state index contributed by atoms with van der Waals surface area (Å²) in [6.07, 6.45) is 0.604. The maximum Gasteiger partial charge on any atom is 0.357 e. The fraction of sp³-hybridized carbons (Fsp3) is 0.500. The van der Waals surface area contributed by atoms with E-state index in [-0.39, 0.29) is 18.2 Å². The molecule has 0 aliphatic heterocycles. The fourth-order valence-corrected chi connectivity index (χ4v) is 2.12. The number of hydrogen-bond donors (Lipinski definition) is 0. The van der Waals surface area contributed by atoms with Crippen molar-refractivity contribution < 1.29 is 22.2 Å². The molecular weight excluding hydrogens is 232 g/mol. The minimum absolute atomic E-state index is 0. The second-order valence-corrected chi connectivity index (χ2v) is 4.39. The lowest BCUT2D eigenvalue weighted by Gasteiger charge is -1.94. The number of thioether (sulfide) groups is 1. The van der Waals surface area contributed by atoms with Crippen LogP contribution in [0.1, 0.15) is 24.7 Å². The van der Waals surface area contributed by atoms with Crippen LogP contribution in [-0.2, 0) is 4.79 Å². The Morgan fingerprint density at radius 3 is 2.73 bits per heavy atom. The minimum Gasteiger partial charge on any atom is -1.00 e. The summed E-state index contributed by atoms with van der Waals surface area (Å²) in [6.45, 7) is 5.58. The third-order valence-corrected chi connectivity index (χ3v) is 2.58. The number of H-pyrrole nitrogens is 1. The fourth-order valence-electron chi connectivity index (χ4n) is 1.10. The molecule has 1 rings (SSSR count). The number of nitrogens with one attached hydrogen (secondary N) is 1. The first-order chi connectivity index (χ1) is 6.58. The number of halogens is 1. The molecule has 1 aromatic heterocycles. The Balaban J connectivity index is 0.00000196. The summed E-state index contributed by atoms with van der Waals surface area (Å²) in [7, 11) is 0. The van der Waals surface area contributed by atoms with Crippen molar-refractivity contribution in [2.24, 2.45) is 0 Å². The summed E-state index contributed by atoms with van der Waals surface area (Å²) in [6, 6.07) is 2.00. The number of aryl methyl sites for hydroxylation is 2. The van der Waals surface area contributed by atoms with Crippen molar-refractivity contribution in [1.29, 1.82) is 0 Å². The summed E-state index contributed by atoms with van der Waals surface area (Å²) in [4.78, 5) is 18.2. The van der Waals surface area contributed by atoms with Gasteiger partial charge in [0, 0.05) is 25.2 Å². The van der Waals surface area contributed by atoms with E-state index >= 15 is 0 Å². The third kappa shape index (κ3) is 5.74. The number of aromatic nitrogens is 2. The zero-order chi connectivity index (χ0) is 10.6. The van der Waals surface area contributed by atoms with Crippen LogP contribution in [0.15, 0.2) is 11.2 Å². The Hall–Kier alpha value is -0.610. The molecule has 0 aliphatic carbocycles. The van der Waals surface area contributed by atoms with Crippen molar-refractivity contribution in [2.75, 3.05) is 5.75 Å². The molecule has 0 aliphatic rings. The summed E-state index contributed by atoms with van der Waals surface area (Å²) in [5, 5.41) is 0.892. The highest BCUT2D eigenvalue weighted by Gasteiger charge is 2.08. The van der Waals surface area contributed by atoms with E-state index in [0.29, 0.717) is 6.42 Å². The van der Waals surface area contributed by atoms with E-state index < -0.39 is 0 Å². The smallest absolute Gasteiger partial charge is 0.357 e. The van der Waals surface area contributed by atoms with Crippen molar-refractivity contribution in [3.63, 3.8) is 0 Å². The van der Waals surface area contributed by atoms with Gasteiger partial charge in [-0.3, -0.25) is 4.79 Å². The first-order valence-corrected chi connectivity index (χ1v) is 5.56. The largest absolute Gasteiger partial charge is 1.00 e. The molecule has 0 atom stereocenters. The average molecular weight is 247 g/mol. The second kappa shape index (κ2) is 6.80. The van der Waals surface area contributed by atoms with Gasteiger partial charge < -0.3 is 12.4 Å². The van der Waals surface area contributed by atoms with E-state index in [0.717, 1.165) is 22.3 Å². The van der Waals surface area contributed by atoms with E-state index in [1.54, 1.807) is 18.7 Å². The van der Waals surface area contributed by atoms with Gasteiger partial charge in [-0.1, -0.05) is 0 Å². The topological polar surface area (TPSA) is 44.1 Å². The number of rotatable bonds is 4. The van der Waals surface area contributed by atoms with E-state index in [4.69, 9.17) is 0 Å². The molecule has 15 heavy (non-hydrogen) atoms. The van der Waals surface area contributed by atoms with Gasteiger partial charge in [-0.2, -0.15) is 0 Å². The highest BCUT2D eigenvalue weighted by Crippen LogP contribution is 2.11. The highest BCUT2D eigenvalue weighted by atomic mass is 35.5. The standard InChI is InChI=1S/C10H14N2OS.ClH/c1-7-6-8(2)12-10(11-7)14-5-4-9(3)13;/h6H,4-5H2,1-3H3;1H. The molecule has 0 spiro atoms. The quantitative estimate of drug-likeness (QED) is 0.484. The number of aromatic amines is 1. The molecule has 1 N–H and O–H groups in total. The zero-order valence-electron chi connectivity index (χ0n) is 9.13. The lowest BCUT2D eigenvalue weighted by molar-refractivity contribution is -0.442. The predicted molar refractivity (Wildman–Crippen MR) is 56.3 cm³/mol. The van der Waals surface area contributed by atoms with Crippen molar-refractivity contribution >= 4 is 17.5 Å². The molecule has 0 saturated heterocycles. The van der Waals surface area contributed by atoms with E-state index in [9.17, 15) is 4.79 Å².